The van der Waals surface area contributed by atoms with E-state index < -0.39 is 0 Å². The Morgan fingerprint density at radius 3 is 2.43 bits per heavy atom. The molecule has 0 radical (unpaired) electrons. The predicted molar refractivity (Wildman–Crippen MR) is 55.6 cm³/mol. The highest BCUT2D eigenvalue weighted by Gasteiger charge is 2.14. The van der Waals surface area contributed by atoms with Crippen LogP contribution in [-0.2, 0) is 0 Å². The van der Waals surface area contributed by atoms with Crippen molar-refractivity contribution >= 4 is 17.4 Å². The fourth-order valence-corrected chi connectivity index (χ4v) is 1.43. The zero-order valence-corrected chi connectivity index (χ0v) is 8.68. The largest absolute Gasteiger partial charge is 0.493 e. The lowest BCUT2D eigenvalue weighted by Gasteiger charge is -2.11. The van der Waals surface area contributed by atoms with Gasteiger partial charge in [-0.05, 0) is 12.1 Å². The molecule has 0 aromatic heterocycles. The van der Waals surface area contributed by atoms with Gasteiger partial charge in [-0.2, -0.15) is 0 Å². The van der Waals surface area contributed by atoms with Crippen LogP contribution in [0.15, 0.2) is 12.1 Å². The van der Waals surface area contributed by atoms with Crippen molar-refractivity contribution in [2.75, 3.05) is 14.2 Å². The number of benzene rings is 1. The van der Waals surface area contributed by atoms with Gasteiger partial charge in [0.15, 0.2) is 11.5 Å². The molecule has 0 aliphatic carbocycles. The Bertz CT molecular complexity index is 366. The molecule has 0 unspecified atom stereocenters. The molecule has 0 fully saturated rings. The Hall–Kier alpha value is -1.42. The van der Waals surface area contributed by atoms with Gasteiger partial charge >= 0.3 is 0 Å². The van der Waals surface area contributed by atoms with Crippen LogP contribution in [0.4, 0.5) is 0 Å². The van der Waals surface area contributed by atoms with E-state index in [1.54, 1.807) is 12.1 Å². The highest BCUT2D eigenvalue weighted by atomic mass is 35.5. The number of methoxy groups -OCH3 is 2. The van der Waals surface area contributed by atoms with E-state index in [1.807, 2.05) is 0 Å². The third-order valence-corrected chi connectivity index (χ3v) is 2.15. The maximum Gasteiger partial charge on any atom is 0.180 e. The summed E-state index contributed by atoms with van der Waals surface area (Å²) < 4.78 is 10.1. The van der Waals surface area contributed by atoms with Gasteiger partial charge in [-0.3, -0.25) is 5.41 Å². The topological polar surface area (TPSA) is 68.3 Å². The SMILES string of the molecule is COc1ccc(C(=N)N)c(Cl)c1OC. The van der Waals surface area contributed by atoms with Crippen molar-refractivity contribution < 1.29 is 9.47 Å². The quantitative estimate of drug-likeness (QED) is 0.594. The molecule has 4 nitrogen and oxygen atoms in total. The number of rotatable bonds is 3. The minimum atomic E-state index is -0.101. The zero-order chi connectivity index (χ0) is 10.7. The van der Waals surface area contributed by atoms with Crippen molar-refractivity contribution in [2.24, 2.45) is 5.73 Å². The van der Waals surface area contributed by atoms with Crippen LogP contribution in [0.25, 0.3) is 0 Å². The van der Waals surface area contributed by atoms with Crippen molar-refractivity contribution in [1.82, 2.24) is 0 Å². The fraction of sp³-hybridized carbons (Fsp3) is 0.222. The number of hydrogen-bond donors (Lipinski definition) is 2. The highest BCUT2D eigenvalue weighted by molar-refractivity contribution is 6.35. The summed E-state index contributed by atoms with van der Waals surface area (Å²) in [5.74, 6) is 0.806. The molecular weight excluding hydrogens is 204 g/mol. The molecular formula is C9H11ClN2O2. The van der Waals surface area contributed by atoms with Crippen LogP contribution in [0.5, 0.6) is 11.5 Å². The number of nitrogens with one attached hydrogen (secondary N) is 1. The lowest BCUT2D eigenvalue weighted by molar-refractivity contribution is 0.355. The molecule has 3 N–H and O–H groups in total. The van der Waals surface area contributed by atoms with E-state index in [9.17, 15) is 0 Å². The van der Waals surface area contributed by atoms with Crippen LogP contribution >= 0.6 is 11.6 Å². The van der Waals surface area contributed by atoms with Crippen LogP contribution in [0.3, 0.4) is 0 Å². The molecule has 0 atom stereocenters. The summed E-state index contributed by atoms with van der Waals surface area (Å²) in [6, 6.07) is 3.27. The summed E-state index contributed by atoms with van der Waals surface area (Å²) in [5, 5.41) is 7.56. The Morgan fingerprint density at radius 2 is 2.00 bits per heavy atom. The molecule has 1 aromatic rings. The minimum Gasteiger partial charge on any atom is -0.493 e. The van der Waals surface area contributed by atoms with Crippen LogP contribution in [0.1, 0.15) is 5.56 Å². The van der Waals surface area contributed by atoms with Gasteiger partial charge in [0, 0.05) is 5.56 Å². The molecule has 0 amide bonds. The Labute approximate surface area is 87.1 Å². The third kappa shape index (κ3) is 1.75. The molecule has 0 saturated carbocycles. The molecule has 1 rings (SSSR count). The van der Waals surface area contributed by atoms with Gasteiger partial charge in [-0.1, -0.05) is 11.6 Å². The van der Waals surface area contributed by atoms with Crippen LogP contribution < -0.4 is 15.2 Å². The number of amidine groups is 1. The maximum atomic E-state index is 7.27. The molecule has 76 valence electrons. The standard InChI is InChI=1S/C9H11ClN2O2/c1-13-6-4-3-5(9(11)12)7(10)8(6)14-2/h3-4H,1-2H3,(H3,11,12). The van der Waals surface area contributed by atoms with E-state index in [4.69, 9.17) is 32.2 Å². The van der Waals surface area contributed by atoms with Gasteiger partial charge in [-0.25, -0.2) is 0 Å². The van der Waals surface area contributed by atoms with Crippen molar-refractivity contribution in [3.63, 3.8) is 0 Å². The Morgan fingerprint density at radius 1 is 1.36 bits per heavy atom. The van der Waals surface area contributed by atoms with Crippen molar-refractivity contribution in [2.45, 2.75) is 0 Å². The number of nitrogen functional groups attached to an aromatic ring is 1. The molecule has 0 bridgehead atoms. The molecule has 14 heavy (non-hydrogen) atoms. The van der Waals surface area contributed by atoms with E-state index in [0.717, 1.165) is 0 Å². The van der Waals surface area contributed by atoms with E-state index >= 15 is 0 Å². The van der Waals surface area contributed by atoms with Gasteiger partial charge in [0.1, 0.15) is 5.84 Å². The van der Waals surface area contributed by atoms with Crippen molar-refractivity contribution in [3.8, 4) is 11.5 Å². The first-order valence-corrected chi connectivity index (χ1v) is 4.24. The number of ether oxygens (including phenoxy) is 2. The van der Waals surface area contributed by atoms with Gasteiger partial charge < -0.3 is 15.2 Å². The number of nitrogens with two attached hydrogens (primary N) is 1. The molecule has 1 aromatic carbocycles. The van der Waals surface area contributed by atoms with E-state index in [1.165, 1.54) is 14.2 Å². The van der Waals surface area contributed by atoms with E-state index in [2.05, 4.69) is 0 Å². The van der Waals surface area contributed by atoms with Crippen LogP contribution in [0, 0.1) is 5.41 Å². The summed E-state index contributed by atoms with van der Waals surface area (Å²) in [5.41, 5.74) is 5.77. The monoisotopic (exact) mass is 214 g/mol. The Balaban J connectivity index is 3.34. The first-order valence-electron chi connectivity index (χ1n) is 3.86. The fourth-order valence-electron chi connectivity index (χ4n) is 1.10. The summed E-state index contributed by atoms with van der Waals surface area (Å²) in [6.07, 6.45) is 0. The van der Waals surface area contributed by atoms with Gasteiger partial charge in [0.25, 0.3) is 0 Å². The molecule has 0 aliphatic rings. The Kier molecular flexibility index (Phi) is 3.19. The van der Waals surface area contributed by atoms with E-state index in [-0.39, 0.29) is 5.84 Å². The summed E-state index contributed by atoms with van der Waals surface area (Å²) in [7, 11) is 3.00. The van der Waals surface area contributed by atoms with E-state index in [0.29, 0.717) is 22.1 Å². The second-order valence-electron chi connectivity index (χ2n) is 2.58. The average molecular weight is 215 g/mol. The molecule has 0 heterocycles. The van der Waals surface area contributed by atoms with Gasteiger partial charge in [-0.15, -0.1) is 0 Å². The molecule has 5 heteroatoms. The van der Waals surface area contributed by atoms with Crippen molar-refractivity contribution in [3.05, 3.63) is 22.7 Å². The molecule has 0 saturated heterocycles. The number of halogens is 1. The second-order valence-corrected chi connectivity index (χ2v) is 2.95. The summed E-state index contributed by atoms with van der Waals surface area (Å²) >= 11 is 5.96. The van der Waals surface area contributed by atoms with Gasteiger partial charge in [0.05, 0.1) is 19.2 Å². The third-order valence-electron chi connectivity index (χ3n) is 1.78. The maximum absolute atomic E-state index is 7.27. The summed E-state index contributed by atoms with van der Waals surface area (Å²) in [6.45, 7) is 0. The van der Waals surface area contributed by atoms with Crippen LogP contribution in [-0.4, -0.2) is 20.1 Å². The summed E-state index contributed by atoms with van der Waals surface area (Å²) in [4.78, 5) is 0. The highest BCUT2D eigenvalue weighted by Crippen LogP contribution is 2.36. The first-order chi connectivity index (χ1) is 6.61. The zero-order valence-electron chi connectivity index (χ0n) is 7.93. The lowest BCUT2D eigenvalue weighted by atomic mass is 10.2. The first kappa shape index (κ1) is 10.7. The minimum absolute atomic E-state index is 0.101. The van der Waals surface area contributed by atoms with Gasteiger partial charge in [0.2, 0.25) is 0 Å². The normalized spacial score (nSPS) is 9.64. The average Bonchev–Trinajstić information content (AvgIpc) is 2.16. The van der Waals surface area contributed by atoms with Crippen molar-refractivity contribution in [1.29, 1.82) is 5.41 Å². The molecule has 0 spiro atoms. The smallest absolute Gasteiger partial charge is 0.180 e. The predicted octanol–water partition coefficient (Wildman–Crippen LogP) is 1.64. The second kappa shape index (κ2) is 4.19. The lowest BCUT2D eigenvalue weighted by Crippen LogP contribution is -2.12. The molecule has 0 aliphatic heterocycles. The van der Waals surface area contributed by atoms with Crippen LogP contribution in [0.2, 0.25) is 5.02 Å². The number of hydrogen-bond acceptors (Lipinski definition) is 3.